The van der Waals surface area contributed by atoms with Gasteiger partial charge in [-0.1, -0.05) is 0 Å². The fourth-order valence-corrected chi connectivity index (χ4v) is 2.71. The van der Waals surface area contributed by atoms with Gasteiger partial charge in [0.25, 0.3) is 0 Å². The van der Waals surface area contributed by atoms with E-state index in [4.69, 9.17) is 14.2 Å². The van der Waals surface area contributed by atoms with Crippen molar-refractivity contribution in [3.63, 3.8) is 0 Å². The predicted octanol–water partition coefficient (Wildman–Crippen LogP) is 2.02. The van der Waals surface area contributed by atoms with Crippen LogP contribution in [0.4, 0.5) is 0 Å². The van der Waals surface area contributed by atoms with Crippen molar-refractivity contribution < 1.29 is 19.3 Å². The summed E-state index contributed by atoms with van der Waals surface area (Å²) in [6.45, 7) is 6.75. The van der Waals surface area contributed by atoms with Crippen LogP contribution in [0.5, 0.6) is 17.2 Å². The molecule has 1 aliphatic rings. The highest BCUT2D eigenvalue weighted by atomic mass is 16.5. The molecule has 0 spiro atoms. The molecule has 20 heavy (non-hydrogen) atoms. The van der Waals surface area contributed by atoms with Crippen molar-refractivity contribution in [3.8, 4) is 17.2 Å². The Bertz CT molecular complexity index is 428. The van der Waals surface area contributed by atoms with Crippen LogP contribution in [0, 0.1) is 0 Å². The van der Waals surface area contributed by atoms with E-state index in [1.165, 1.54) is 14.2 Å². The van der Waals surface area contributed by atoms with Gasteiger partial charge in [0.15, 0.2) is 11.5 Å². The summed E-state index contributed by atoms with van der Waals surface area (Å²) in [6, 6.07) is 3.70. The van der Waals surface area contributed by atoms with Crippen LogP contribution in [-0.2, 0) is 11.3 Å². The summed E-state index contributed by atoms with van der Waals surface area (Å²) >= 11 is 0. The molecule has 0 amide bonds. The van der Waals surface area contributed by atoms with Gasteiger partial charge in [-0.3, -0.25) is 4.90 Å². The molecular formula is C15H23NO4. The van der Waals surface area contributed by atoms with E-state index in [9.17, 15) is 5.11 Å². The first kappa shape index (κ1) is 14.9. The first-order chi connectivity index (χ1) is 9.53. The Labute approximate surface area is 120 Å². The highest BCUT2D eigenvalue weighted by Crippen LogP contribution is 2.37. The number of benzene rings is 1. The molecule has 0 unspecified atom stereocenters. The van der Waals surface area contributed by atoms with Crippen LogP contribution < -0.4 is 9.47 Å². The molecule has 5 heteroatoms. The number of ether oxygens (including phenoxy) is 3. The van der Waals surface area contributed by atoms with E-state index in [-0.39, 0.29) is 18.0 Å². The van der Waals surface area contributed by atoms with Gasteiger partial charge >= 0.3 is 0 Å². The Hall–Kier alpha value is -1.46. The van der Waals surface area contributed by atoms with Crippen LogP contribution in [0.2, 0.25) is 0 Å². The molecule has 2 rings (SSSR count). The van der Waals surface area contributed by atoms with E-state index < -0.39 is 0 Å². The minimum absolute atomic E-state index is 0.0439. The Morgan fingerprint density at radius 2 is 1.65 bits per heavy atom. The van der Waals surface area contributed by atoms with Crippen LogP contribution >= 0.6 is 0 Å². The number of aromatic hydroxyl groups is 1. The number of morpholine rings is 1. The zero-order valence-corrected chi connectivity index (χ0v) is 12.5. The van der Waals surface area contributed by atoms with E-state index in [0.717, 1.165) is 25.2 Å². The summed E-state index contributed by atoms with van der Waals surface area (Å²) in [5, 5.41) is 9.92. The number of nitrogens with zero attached hydrogens (tertiary/aromatic N) is 1. The summed E-state index contributed by atoms with van der Waals surface area (Å²) in [4.78, 5) is 2.34. The second kappa shape index (κ2) is 6.33. The van der Waals surface area contributed by atoms with E-state index in [0.29, 0.717) is 11.5 Å². The Balaban J connectivity index is 2.16. The predicted molar refractivity (Wildman–Crippen MR) is 76.5 cm³/mol. The van der Waals surface area contributed by atoms with Gasteiger partial charge in [-0.15, -0.1) is 0 Å². The lowest BCUT2D eigenvalue weighted by Gasteiger charge is -2.35. The van der Waals surface area contributed by atoms with Gasteiger partial charge in [-0.25, -0.2) is 0 Å². The van der Waals surface area contributed by atoms with Gasteiger partial charge in [-0.2, -0.15) is 0 Å². The molecule has 1 aromatic rings. The zero-order valence-electron chi connectivity index (χ0n) is 12.5. The summed E-state index contributed by atoms with van der Waals surface area (Å²) in [6.07, 6.45) is 0.472. The monoisotopic (exact) mass is 281 g/mol. The average Bonchev–Trinajstić information content (AvgIpc) is 2.39. The fourth-order valence-electron chi connectivity index (χ4n) is 2.71. The lowest BCUT2D eigenvalue weighted by molar-refractivity contribution is -0.0705. The highest BCUT2D eigenvalue weighted by molar-refractivity contribution is 5.52. The molecule has 1 heterocycles. The van der Waals surface area contributed by atoms with Gasteiger partial charge in [0, 0.05) is 19.6 Å². The van der Waals surface area contributed by atoms with Crippen molar-refractivity contribution in [2.75, 3.05) is 27.3 Å². The molecule has 1 fully saturated rings. The lowest BCUT2D eigenvalue weighted by Crippen LogP contribution is -2.44. The topological polar surface area (TPSA) is 51.2 Å². The highest BCUT2D eigenvalue weighted by Gasteiger charge is 2.23. The number of rotatable bonds is 4. The number of methoxy groups -OCH3 is 2. The van der Waals surface area contributed by atoms with E-state index >= 15 is 0 Å². The number of phenols is 1. The normalized spacial score (nSPS) is 23.6. The second-order valence-electron chi connectivity index (χ2n) is 5.30. The van der Waals surface area contributed by atoms with Crippen LogP contribution in [0.25, 0.3) is 0 Å². The van der Waals surface area contributed by atoms with Crippen molar-refractivity contribution in [2.45, 2.75) is 32.6 Å². The maximum atomic E-state index is 9.92. The Kier molecular flexibility index (Phi) is 4.73. The van der Waals surface area contributed by atoms with E-state index in [1.807, 2.05) is 12.1 Å². The van der Waals surface area contributed by atoms with Gasteiger partial charge < -0.3 is 19.3 Å². The maximum Gasteiger partial charge on any atom is 0.200 e. The molecule has 1 aromatic carbocycles. The van der Waals surface area contributed by atoms with Crippen molar-refractivity contribution in [3.05, 3.63) is 17.7 Å². The molecule has 0 radical (unpaired) electrons. The molecule has 2 atom stereocenters. The molecule has 1 aliphatic heterocycles. The summed E-state index contributed by atoms with van der Waals surface area (Å²) in [5.41, 5.74) is 1.05. The van der Waals surface area contributed by atoms with Gasteiger partial charge in [0.1, 0.15) is 0 Å². The number of hydrogen-bond donors (Lipinski definition) is 1. The Morgan fingerprint density at radius 3 is 2.10 bits per heavy atom. The van der Waals surface area contributed by atoms with Gasteiger partial charge in [0.2, 0.25) is 5.75 Å². The third kappa shape index (κ3) is 3.35. The maximum absolute atomic E-state index is 9.92. The minimum atomic E-state index is 0.0439. The standard InChI is InChI=1S/C15H23NO4/c1-10-7-16(8-11(2)20-10)9-12-5-13(18-3)15(17)14(6-12)19-4/h5-6,10-11,17H,7-9H2,1-4H3/t10-,11-/m1/s1. The smallest absolute Gasteiger partial charge is 0.200 e. The summed E-state index contributed by atoms with van der Waals surface area (Å²) < 4.78 is 16.1. The quantitative estimate of drug-likeness (QED) is 0.915. The average molecular weight is 281 g/mol. The van der Waals surface area contributed by atoms with Crippen molar-refractivity contribution in [1.82, 2.24) is 4.90 Å². The number of phenolic OH excluding ortho intramolecular Hbond substituents is 1. The van der Waals surface area contributed by atoms with Crippen LogP contribution in [-0.4, -0.2) is 49.5 Å². The molecule has 0 bridgehead atoms. The van der Waals surface area contributed by atoms with E-state index in [1.54, 1.807) is 0 Å². The molecule has 1 saturated heterocycles. The van der Waals surface area contributed by atoms with Crippen LogP contribution in [0.3, 0.4) is 0 Å². The van der Waals surface area contributed by atoms with Crippen LogP contribution in [0.15, 0.2) is 12.1 Å². The lowest BCUT2D eigenvalue weighted by atomic mass is 10.1. The van der Waals surface area contributed by atoms with E-state index in [2.05, 4.69) is 18.7 Å². The number of hydrogen-bond acceptors (Lipinski definition) is 5. The molecule has 0 aliphatic carbocycles. The largest absolute Gasteiger partial charge is 0.502 e. The first-order valence-electron chi connectivity index (χ1n) is 6.85. The van der Waals surface area contributed by atoms with Crippen molar-refractivity contribution >= 4 is 0 Å². The van der Waals surface area contributed by atoms with Crippen molar-refractivity contribution in [2.24, 2.45) is 0 Å². The SMILES string of the molecule is COc1cc(CN2C[C@@H](C)O[C@H](C)C2)cc(OC)c1O. The van der Waals surface area contributed by atoms with Gasteiger partial charge in [-0.05, 0) is 31.5 Å². The molecule has 1 N–H and O–H groups in total. The molecule has 112 valence electrons. The second-order valence-corrected chi connectivity index (χ2v) is 5.30. The molecule has 5 nitrogen and oxygen atoms in total. The zero-order chi connectivity index (χ0) is 14.7. The summed E-state index contributed by atoms with van der Waals surface area (Å²) in [7, 11) is 3.08. The van der Waals surface area contributed by atoms with Crippen LogP contribution in [0.1, 0.15) is 19.4 Å². The Morgan fingerprint density at radius 1 is 1.15 bits per heavy atom. The minimum Gasteiger partial charge on any atom is -0.502 e. The fraction of sp³-hybridized carbons (Fsp3) is 0.600. The van der Waals surface area contributed by atoms with Crippen molar-refractivity contribution in [1.29, 1.82) is 0 Å². The molecular weight excluding hydrogens is 258 g/mol. The molecule has 0 saturated carbocycles. The molecule has 0 aromatic heterocycles. The third-order valence-corrected chi connectivity index (χ3v) is 3.44. The van der Waals surface area contributed by atoms with Gasteiger partial charge in [0.05, 0.1) is 26.4 Å². The first-order valence-corrected chi connectivity index (χ1v) is 6.85. The summed E-state index contributed by atoms with van der Waals surface area (Å²) in [5.74, 6) is 0.921. The third-order valence-electron chi connectivity index (χ3n) is 3.44.